The molecule has 0 spiro atoms. The monoisotopic (exact) mass is 270 g/mol. The Balaban J connectivity index is 2.24. The van der Waals surface area contributed by atoms with Crippen LogP contribution in [0.25, 0.3) is 0 Å². The number of benzene rings is 1. The highest BCUT2D eigenvalue weighted by Crippen LogP contribution is 2.12. The second kappa shape index (κ2) is 8.44. The van der Waals surface area contributed by atoms with E-state index in [2.05, 4.69) is 5.32 Å². The second-order valence-electron chi connectivity index (χ2n) is 3.95. The van der Waals surface area contributed by atoms with Gasteiger partial charge >= 0.3 is 0 Å². The first-order valence-corrected chi connectivity index (χ1v) is 6.05. The lowest BCUT2D eigenvalue weighted by Gasteiger charge is -2.08. The number of nitrogen functional groups attached to an aromatic ring is 1. The molecule has 0 radical (unpaired) electrons. The number of hydrogen-bond donors (Lipinski definition) is 2. The lowest BCUT2D eigenvalue weighted by molar-refractivity contribution is 0.0688. The van der Waals surface area contributed by atoms with Crippen LogP contribution in [0, 0.1) is 5.82 Å². The SMILES string of the molecule is COCCOCCCNC(=O)c1ccc(F)cc1N. The lowest BCUT2D eigenvalue weighted by atomic mass is 10.1. The van der Waals surface area contributed by atoms with E-state index in [0.29, 0.717) is 32.8 Å². The summed E-state index contributed by atoms with van der Waals surface area (Å²) in [6, 6.07) is 3.71. The molecule has 5 nitrogen and oxygen atoms in total. The molecule has 0 heterocycles. The molecule has 0 aromatic heterocycles. The van der Waals surface area contributed by atoms with Gasteiger partial charge in [-0.3, -0.25) is 4.79 Å². The molecule has 0 aliphatic heterocycles. The van der Waals surface area contributed by atoms with Crippen molar-refractivity contribution >= 4 is 11.6 Å². The van der Waals surface area contributed by atoms with Crippen molar-refractivity contribution in [2.75, 3.05) is 39.2 Å². The number of anilines is 1. The van der Waals surface area contributed by atoms with Gasteiger partial charge in [0.05, 0.1) is 18.8 Å². The smallest absolute Gasteiger partial charge is 0.253 e. The fraction of sp³-hybridized carbons (Fsp3) is 0.462. The molecule has 1 aromatic rings. The molecule has 0 fully saturated rings. The van der Waals surface area contributed by atoms with Crippen LogP contribution in [-0.4, -0.2) is 39.4 Å². The molecule has 3 N–H and O–H groups in total. The molecule has 1 rings (SSSR count). The predicted octanol–water partition coefficient (Wildman–Crippen LogP) is 1.19. The zero-order valence-electron chi connectivity index (χ0n) is 10.9. The van der Waals surface area contributed by atoms with Crippen LogP contribution >= 0.6 is 0 Å². The van der Waals surface area contributed by atoms with Crippen molar-refractivity contribution in [1.82, 2.24) is 5.32 Å². The largest absolute Gasteiger partial charge is 0.398 e. The summed E-state index contributed by atoms with van der Waals surface area (Å²) in [7, 11) is 1.61. The maximum absolute atomic E-state index is 12.8. The minimum atomic E-state index is -0.458. The summed E-state index contributed by atoms with van der Waals surface area (Å²) >= 11 is 0. The first-order chi connectivity index (χ1) is 9.15. The van der Waals surface area contributed by atoms with Crippen molar-refractivity contribution in [3.05, 3.63) is 29.6 Å². The van der Waals surface area contributed by atoms with Gasteiger partial charge < -0.3 is 20.5 Å². The Labute approximate surface area is 111 Å². The molecular weight excluding hydrogens is 251 g/mol. The molecule has 0 aliphatic carbocycles. The van der Waals surface area contributed by atoms with Crippen LogP contribution in [0.2, 0.25) is 0 Å². The van der Waals surface area contributed by atoms with Gasteiger partial charge in [-0.1, -0.05) is 0 Å². The van der Waals surface area contributed by atoms with Gasteiger partial charge in [0.2, 0.25) is 0 Å². The summed E-state index contributed by atoms with van der Waals surface area (Å²) in [5.74, 6) is -0.769. The first kappa shape index (κ1) is 15.4. The quantitative estimate of drug-likeness (QED) is 0.550. The Morgan fingerprint density at radius 1 is 1.37 bits per heavy atom. The molecule has 1 aromatic carbocycles. The van der Waals surface area contributed by atoms with Gasteiger partial charge in [0.15, 0.2) is 0 Å². The molecule has 0 aliphatic rings. The van der Waals surface area contributed by atoms with Gasteiger partial charge in [-0.15, -0.1) is 0 Å². The third-order valence-electron chi connectivity index (χ3n) is 2.44. The summed E-state index contributed by atoms with van der Waals surface area (Å²) < 4.78 is 22.9. The van der Waals surface area contributed by atoms with Crippen LogP contribution in [0.5, 0.6) is 0 Å². The van der Waals surface area contributed by atoms with E-state index in [1.165, 1.54) is 12.1 Å². The van der Waals surface area contributed by atoms with Gasteiger partial charge in [0, 0.05) is 25.9 Å². The van der Waals surface area contributed by atoms with Gasteiger partial charge in [0.1, 0.15) is 5.82 Å². The maximum Gasteiger partial charge on any atom is 0.253 e. The normalized spacial score (nSPS) is 10.4. The molecular formula is C13H19FN2O3. The number of rotatable bonds is 8. The minimum Gasteiger partial charge on any atom is -0.398 e. The number of hydrogen-bond acceptors (Lipinski definition) is 4. The van der Waals surface area contributed by atoms with Gasteiger partial charge in [-0.25, -0.2) is 4.39 Å². The zero-order chi connectivity index (χ0) is 14.1. The number of nitrogens with two attached hydrogens (primary N) is 1. The summed E-state index contributed by atoms with van der Waals surface area (Å²) in [5.41, 5.74) is 5.98. The Morgan fingerprint density at radius 3 is 2.84 bits per heavy atom. The summed E-state index contributed by atoms with van der Waals surface area (Å²) in [5, 5.41) is 2.70. The van der Waals surface area contributed by atoms with Crippen LogP contribution in [0.3, 0.4) is 0 Å². The van der Waals surface area contributed by atoms with E-state index in [0.717, 1.165) is 6.07 Å². The highest BCUT2D eigenvalue weighted by molar-refractivity contribution is 5.99. The van der Waals surface area contributed by atoms with Crippen molar-refractivity contribution in [2.45, 2.75) is 6.42 Å². The molecule has 0 saturated carbocycles. The molecule has 19 heavy (non-hydrogen) atoms. The van der Waals surface area contributed by atoms with E-state index < -0.39 is 5.82 Å². The van der Waals surface area contributed by atoms with E-state index in [1.54, 1.807) is 7.11 Å². The highest BCUT2D eigenvalue weighted by Gasteiger charge is 2.09. The Morgan fingerprint density at radius 2 is 2.16 bits per heavy atom. The fourth-order valence-electron chi connectivity index (χ4n) is 1.46. The molecule has 106 valence electrons. The topological polar surface area (TPSA) is 73.6 Å². The highest BCUT2D eigenvalue weighted by atomic mass is 19.1. The van der Waals surface area contributed by atoms with Gasteiger partial charge in [-0.05, 0) is 24.6 Å². The molecule has 0 unspecified atom stereocenters. The van der Waals surface area contributed by atoms with Crippen LogP contribution in [0.4, 0.5) is 10.1 Å². The van der Waals surface area contributed by atoms with E-state index >= 15 is 0 Å². The number of ether oxygens (including phenoxy) is 2. The van der Waals surface area contributed by atoms with Crippen molar-refractivity contribution in [1.29, 1.82) is 0 Å². The number of nitrogens with one attached hydrogen (secondary N) is 1. The summed E-state index contributed by atoms with van der Waals surface area (Å²) in [6.45, 7) is 2.11. The first-order valence-electron chi connectivity index (χ1n) is 6.05. The Hall–Kier alpha value is -1.66. The Bertz CT molecular complexity index is 413. The van der Waals surface area contributed by atoms with E-state index in [9.17, 15) is 9.18 Å². The standard InChI is InChI=1S/C13H19FN2O3/c1-18-7-8-19-6-2-5-16-13(17)11-4-3-10(14)9-12(11)15/h3-4,9H,2,5-8,15H2,1H3,(H,16,17). The van der Waals surface area contributed by atoms with Crippen LogP contribution in [0.1, 0.15) is 16.8 Å². The average Bonchev–Trinajstić information content (AvgIpc) is 2.37. The van der Waals surface area contributed by atoms with E-state index in [4.69, 9.17) is 15.2 Å². The van der Waals surface area contributed by atoms with Crippen molar-refractivity contribution in [2.24, 2.45) is 0 Å². The average molecular weight is 270 g/mol. The third kappa shape index (κ3) is 5.67. The number of halogens is 1. The Kier molecular flexibility index (Phi) is 6.84. The van der Waals surface area contributed by atoms with Crippen molar-refractivity contribution < 1.29 is 18.7 Å². The predicted molar refractivity (Wildman–Crippen MR) is 70.5 cm³/mol. The minimum absolute atomic E-state index is 0.133. The van der Waals surface area contributed by atoms with E-state index in [1.807, 2.05) is 0 Å². The molecule has 0 atom stereocenters. The second-order valence-corrected chi connectivity index (χ2v) is 3.95. The number of methoxy groups -OCH3 is 1. The van der Waals surface area contributed by atoms with E-state index in [-0.39, 0.29) is 17.2 Å². The van der Waals surface area contributed by atoms with Crippen molar-refractivity contribution in [3.8, 4) is 0 Å². The summed E-state index contributed by atoms with van der Waals surface area (Å²) in [4.78, 5) is 11.7. The molecule has 0 saturated heterocycles. The zero-order valence-corrected chi connectivity index (χ0v) is 10.9. The molecule has 1 amide bonds. The van der Waals surface area contributed by atoms with Crippen LogP contribution in [0.15, 0.2) is 18.2 Å². The lowest BCUT2D eigenvalue weighted by Crippen LogP contribution is -2.26. The third-order valence-corrected chi connectivity index (χ3v) is 2.44. The number of amides is 1. The van der Waals surface area contributed by atoms with Gasteiger partial charge in [-0.2, -0.15) is 0 Å². The number of carbonyl (C=O) groups is 1. The van der Waals surface area contributed by atoms with Crippen LogP contribution in [-0.2, 0) is 9.47 Å². The van der Waals surface area contributed by atoms with Crippen LogP contribution < -0.4 is 11.1 Å². The fourth-order valence-corrected chi connectivity index (χ4v) is 1.46. The molecule has 0 bridgehead atoms. The number of carbonyl (C=O) groups excluding carboxylic acids is 1. The van der Waals surface area contributed by atoms with Crippen molar-refractivity contribution in [3.63, 3.8) is 0 Å². The summed E-state index contributed by atoms with van der Waals surface area (Å²) in [6.07, 6.45) is 0.691. The molecule has 6 heteroatoms. The maximum atomic E-state index is 12.8. The van der Waals surface area contributed by atoms with Gasteiger partial charge in [0.25, 0.3) is 5.91 Å².